The summed E-state index contributed by atoms with van der Waals surface area (Å²) in [5.74, 6) is 0.953. The Bertz CT molecular complexity index is 1120. The van der Waals surface area contributed by atoms with Crippen LogP contribution >= 0.6 is 23.1 Å². The Morgan fingerprint density at radius 2 is 1.54 bits per heavy atom. The largest absolute Gasteiger partial charge is 0.490 e. The van der Waals surface area contributed by atoms with E-state index in [0.29, 0.717) is 52.1 Å². The zero-order valence-electron chi connectivity index (χ0n) is 20.0. The summed E-state index contributed by atoms with van der Waals surface area (Å²) < 4.78 is 17.6. The monoisotopic (exact) mass is 516 g/mol. The summed E-state index contributed by atoms with van der Waals surface area (Å²) in [4.78, 5) is 25.1. The molecule has 0 atom stereocenters. The first-order valence-electron chi connectivity index (χ1n) is 11.1. The van der Waals surface area contributed by atoms with E-state index >= 15 is 0 Å². The lowest BCUT2D eigenvalue weighted by atomic mass is 10.1. The Morgan fingerprint density at radius 1 is 0.914 bits per heavy atom. The number of aromatic nitrogens is 2. The first kappa shape index (κ1) is 26.3. The van der Waals surface area contributed by atoms with Gasteiger partial charge in [-0.05, 0) is 52.0 Å². The lowest BCUT2D eigenvalue weighted by molar-refractivity contribution is -0.113. The first-order chi connectivity index (χ1) is 16.9. The minimum absolute atomic E-state index is 0.152. The third-order valence-electron chi connectivity index (χ3n) is 4.46. The van der Waals surface area contributed by atoms with Crippen LogP contribution < -0.4 is 24.8 Å². The smallest absolute Gasteiger partial charge is 0.257 e. The molecule has 0 fully saturated rings. The minimum Gasteiger partial charge on any atom is -0.490 e. The fourth-order valence-electron chi connectivity index (χ4n) is 2.97. The third kappa shape index (κ3) is 7.59. The third-order valence-corrected chi connectivity index (χ3v) is 6.43. The van der Waals surface area contributed by atoms with Crippen LogP contribution in [0.3, 0.4) is 0 Å². The Kier molecular flexibility index (Phi) is 9.74. The SMILES string of the molecule is CCOc1cc(C(=O)Nc2nnc(SCC(=O)Nc3ccc(C)cc3)s2)cc(OCC)c1OCC. The Hall–Kier alpha value is -3.31. The molecule has 2 amide bonds. The van der Waals surface area contributed by atoms with Crippen molar-refractivity contribution in [3.05, 3.63) is 47.5 Å². The van der Waals surface area contributed by atoms with Gasteiger partial charge in [-0.25, -0.2) is 0 Å². The molecule has 0 aliphatic heterocycles. The van der Waals surface area contributed by atoms with E-state index in [1.54, 1.807) is 12.1 Å². The molecule has 11 heteroatoms. The summed E-state index contributed by atoms with van der Waals surface area (Å²) in [5, 5.41) is 14.0. The van der Waals surface area contributed by atoms with Crippen molar-refractivity contribution in [1.29, 1.82) is 0 Å². The van der Waals surface area contributed by atoms with Gasteiger partial charge in [0.15, 0.2) is 15.8 Å². The molecule has 3 rings (SSSR count). The molecule has 0 radical (unpaired) electrons. The van der Waals surface area contributed by atoms with Crippen molar-refractivity contribution in [1.82, 2.24) is 10.2 Å². The minimum atomic E-state index is -0.389. The molecule has 0 aliphatic carbocycles. The van der Waals surface area contributed by atoms with Crippen LogP contribution in [0.2, 0.25) is 0 Å². The molecule has 1 heterocycles. The van der Waals surface area contributed by atoms with E-state index < -0.39 is 0 Å². The molecule has 2 N–H and O–H groups in total. The molecule has 0 saturated carbocycles. The predicted molar refractivity (Wildman–Crippen MR) is 138 cm³/mol. The standard InChI is InChI=1S/C24H28N4O5S2/c1-5-31-18-12-16(13-19(32-6-2)21(18)33-7-3)22(30)26-23-27-28-24(35-23)34-14-20(29)25-17-10-8-15(4)9-11-17/h8-13H,5-7,14H2,1-4H3,(H,25,29)(H,26,27,30). The number of amides is 2. The van der Waals surface area contributed by atoms with Crippen LogP contribution in [0, 0.1) is 6.92 Å². The summed E-state index contributed by atoms with van der Waals surface area (Å²) in [7, 11) is 0. The van der Waals surface area contributed by atoms with Gasteiger partial charge < -0.3 is 19.5 Å². The number of carbonyl (C=O) groups is 2. The lowest BCUT2D eigenvalue weighted by Gasteiger charge is -2.16. The summed E-state index contributed by atoms with van der Waals surface area (Å²) in [6, 6.07) is 10.8. The van der Waals surface area contributed by atoms with Crippen molar-refractivity contribution < 1.29 is 23.8 Å². The summed E-state index contributed by atoms with van der Waals surface area (Å²) in [5.41, 5.74) is 2.19. The summed E-state index contributed by atoms with van der Waals surface area (Å²) in [6.45, 7) is 8.80. The molecular weight excluding hydrogens is 488 g/mol. The van der Waals surface area contributed by atoms with Gasteiger partial charge in [-0.2, -0.15) is 0 Å². The molecule has 9 nitrogen and oxygen atoms in total. The molecule has 186 valence electrons. The molecule has 1 aromatic heterocycles. The van der Waals surface area contributed by atoms with Gasteiger partial charge in [-0.15, -0.1) is 10.2 Å². The van der Waals surface area contributed by atoms with E-state index in [1.165, 1.54) is 23.1 Å². The van der Waals surface area contributed by atoms with Gasteiger partial charge in [-0.1, -0.05) is 40.8 Å². The highest BCUT2D eigenvalue weighted by molar-refractivity contribution is 8.01. The maximum absolute atomic E-state index is 12.9. The number of nitrogens with one attached hydrogen (secondary N) is 2. The second-order valence-electron chi connectivity index (χ2n) is 7.13. The van der Waals surface area contributed by atoms with E-state index in [0.717, 1.165) is 11.3 Å². The van der Waals surface area contributed by atoms with Gasteiger partial charge in [0.2, 0.25) is 16.8 Å². The van der Waals surface area contributed by atoms with E-state index in [9.17, 15) is 9.59 Å². The van der Waals surface area contributed by atoms with E-state index in [-0.39, 0.29) is 17.6 Å². The normalized spacial score (nSPS) is 10.5. The zero-order chi connectivity index (χ0) is 25.2. The predicted octanol–water partition coefficient (Wildman–Crippen LogP) is 5.03. The number of hydrogen-bond donors (Lipinski definition) is 2. The maximum atomic E-state index is 12.9. The number of carbonyl (C=O) groups excluding carboxylic acids is 2. The number of aryl methyl sites for hydroxylation is 1. The van der Waals surface area contributed by atoms with Crippen LogP contribution in [0.1, 0.15) is 36.7 Å². The Morgan fingerprint density at radius 3 is 2.14 bits per heavy atom. The van der Waals surface area contributed by atoms with Crippen molar-refractivity contribution >= 4 is 45.7 Å². The van der Waals surface area contributed by atoms with Crippen LogP contribution in [-0.2, 0) is 4.79 Å². The Labute approximate surface area is 212 Å². The van der Waals surface area contributed by atoms with Gasteiger partial charge in [0.25, 0.3) is 5.91 Å². The molecule has 0 bridgehead atoms. The fourth-order valence-corrected chi connectivity index (χ4v) is 4.52. The van der Waals surface area contributed by atoms with Crippen molar-refractivity contribution in [2.24, 2.45) is 0 Å². The highest BCUT2D eigenvalue weighted by atomic mass is 32.2. The molecule has 0 saturated heterocycles. The summed E-state index contributed by atoms with van der Waals surface area (Å²) >= 11 is 2.43. The van der Waals surface area contributed by atoms with Crippen LogP contribution in [0.25, 0.3) is 0 Å². The molecule has 2 aromatic carbocycles. The highest BCUT2D eigenvalue weighted by Gasteiger charge is 2.19. The summed E-state index contributed by atoms with van der Waals surface area (Å²) in [6.07, 6.45) is 0. The quantitative estimate of drug-likeness (QED) is 0.255. The lowest BCUT2D eigenvalue weighted by Crippen LogP contribution is -2.13. The van der Waals surface area contributed by atoms with Crippen molar-refractivity contribution in [2.75, 3.05) is 36.2 Å². The number of nitrogens with zero attached hydrogens (tertiary/aromatic N) is 2. The Balaban J connectivity index is 1.63. The zero-order valence-corrected chi connectivity index (χ0v) is 21.7. The molecule has 0 spiro atoms. The average Bonchev–Trinajstić information content (AvgIpc) is 3.28. The second kappa shape index (κ2) is 13.0. The van der Waals surface area contributed by atoms with Gasteiger partial charge in [-0.3, -0.25) is 14.9 Å². The fraction of sp³-hybridized carbons (Fsp3) is 0.333. The topological polar surface area (TPSA) is 112 Å². The van der Waals surface area contributed by atoms with Gasteiger partial charge in [0.1, 0.15) is 0 Å². The number of thioether (sulfide) groups is 1. The van der Waals surface area contributed by atoms with E-state index in [2.05, 4.69) is 20.8 Å². The number of benzene rings is 2. The molecule has 0 aliphatic rings. The van der Waals surface area contributed by atoms with E-state index in [4.69, 9.17) is 14.2 Å². The van der Waals surface area contributed by atoms with Crippen LogP contribution in [-0.4, -0.2) is 47.6 Å². The van der Waals surface area contributed by atoms with Gasteiger partial charge in [0.05, 0.1) is 25.6 Å². The number of ether oxygens (including phenoxy) is 3. The molecule has 3 aromatic rings. The van der Waals surface area contributed by atoms with Crippen molar-refractivity contribution in [3.8, 4) is 17.2 Å². The van der Waals surface area contributed by atoms with E-state index in [1.807, 2.05) is 52.0 Å². The molecular formula is C24H28N4O5S2. The van der Waals surface area contributed by atoms with Crippen LogP contribution in [0.4, 0.5) is 10.8 Å². The molecule has 35 heavy (non-hydrogen) atoms. The van der Waals surface area contributed by atoms with Gasteiger partial charge in [0, 0.05) is 11.3 Å². The van der Waals surface area contributed by atoms with Gasteiger partial charge >= 0.3 is 0 Å². The van der Waals surface area contributed by atoms with Crippen molar-refractivity contribution in [2.45, 2.75) is 32.0 Å². The van der Waals surface area contributed by atoms with Crippen molar-refractivity contribution in [3.63, 3.8) is 0 Å². The first-order valence-corrected chi connectivity index (χ1v) is 12.9. The highest BCUT2D eigenvalue weighted by Crippen LogP contribution is 2.39. The van der Waals surface area contributed by atoms with Crippen LogP contribution in [0.15, 0.2) is 40.7 Å². The number of anilines is 2. The maximum Gasteiger partial charge on any atom is 0.257 e. The average molecular weight is 517 g/mol. The van der Waals surface area contributed by atoms with Crippen LogP contribution in [0.5, 0.6) is 17.2 Å². The molecule has 0 unspecified atom stereocenters. The number of rotatable bonds is 12. The number of hydrogen-bond acceptors (Lipinski definition) is 9. The second-order valence-corrected chi connectivity index (χ2v) is 9.33.